The molecule has 8 nitrogen and oxygen atoms in total. The minimum atomic E-state index is -0.113. The molecule has 9 heteroatoms. The third-order valence-corrected chi connectivity index (χ3v) is 6.57. The molecule has 0 radical (unpaired) electrons. The molecule has 1 fully saturated rings. The first kappa shape index (κ1) is 20.6. The second-order valence-corrected chi connectivity index (χ2v) is 8.78. The summed E-state index contributed by atoms with van der Waals surface area (Å²) in [4.78, 5) is 12.8. The largest absolute Gasteiger partial charge is 0.467 e. The minimum Gasteiger partial charge on any atom is -0.467 e. The van der Waals surface area contributed by atoms with Crippen LogP contribution in [0.15, 0.2) is 70.7 Å². The van der Waals surface area contributed by atoms with Crippen LogP contribution in [-0.2, 0) is 11.3 Å². The van der Waals surface area contributed by atoms with E-state index in [1.54, 1.807) is 12.6 Å². The molecule has 0 bridgehead atoms. The molecule has 164 valence electrons. The Balaban J connectivity index is 1.28. The molecule has 0 aliphatic heterocycles. The lowest BCUT2D eigenvalue weighted by Crippen LogP contribution is -2.17. The number of furan rings is 1. The molecule has 0 saturated heterocycles. The lowest BCUT2D eigenvalue weighted by Gasteiger charge is -2.09. The molecule has 1 saturated carbocycles. The van der Waals surface area contributed by atoms with Gasteiger partial charge in [-0.2, -0.15) is 5.10 Å². The van der Waals surface area contributed by atoms with E-state index in [1.807, 2.05) is 57.8 Å². The molecule has 4 aromatic rings. The predicted molar refractivity (Wildman–Crippen MR) is 122 cm³/mol. The molecule has 1 aromatic carbocycles. The quantitative estimate of drug-likeness (QED) is 0.399. The molecule has 1 N–H and O–H groups in total. The predicted octanol–water partition coefficient (Wildman–Crippen LogP) is 4.49. The molecule has 3 aromatic heterocycles. The molecule has 1 aliphatic rings. The van der Waals surface area contributed by atoms with Gasteiger partial charge in [-0.1, -0.05) is 42.8 Å². The summed E-state index contributed by atoms with van der Waals surface area (Å²) >= 11 is 1.34. The van der Waals surface area contributed by atoms with Crippen LogP contribution in [0.5, 0.6) is 0 Å². The zero-order valence-electron chi connectivity index (χ0n) is 17.6. The first-order valence-corrected chi connectivity index (χ1v) is 11.7. The van der Waals surface area contributed by atoms with E-state index in [1.165, 1.54) is 24.6 Å². The number of thioether (sulfide) groups is 1. The summed E-state index contributed by atoms with van der Waals surface area (Å²) in [6.07, 6.45) is 8.05. The van der Waals surface area contributed by atoms with E-state index in [9.17, 15) is 4.79 Å². The number of benzene rings is 1. The van der Waals surface area contributed by atoms with Crippen molar-refractivity contribution in [2.45, 2.75) is 43.3 Å². The number of rotatable bonds is 8. The third-order valence-electron chi connectivity index (χ3n) is 5.59. The zero-order valence-corrected chi connectivity index (χ0v) is 18.4. The standard InChI is InChI=1S/C23H24N6O2S/c30-22(15-32-23-26-24-16-28(23)14-19-11-6-12-31-19)25-21-13-20(17-7-4-5-8-17)27-29(21)18-9-2-1-3-10-18/h1-3,6,9-13,16-17H,4-5,7-8,14-15H2,(H,25,30). The minimum absolute atomic E-state index is 0.113. The topological polar surface area (TPSA) is 90.8 Å². The van der Waals surface area contributed by atoms with Crippen LogP contribution in [0.25, 0.3) is 5.69 Å². The van der Waals surface area contributed by atoms with Gasteiger partial charge in [0.15, 0.2) is 5.16 Å². The number of nitrogens with one attached hydrogen (secondary N) is 1. The van der Waals surface area contributed by atoms with Crippen LogP contribution in [-0.4, -0.2) is 36.2 Å². The highest BCUT2D eigenvalue weighted by Gasteiger charge is 2.22. The Labute approximate surface area is 190 Å². The molecule has 0 unspecified atom stereocenters. The van der Waals surface area contributed by atoms with Crippen LogP contribution in [0.1, 0.15) is 43.1 Å². The smallest absolute Gasteiger partial charge is 0.236 e. The van der Waals surface area contributed by atoms with Gasteiger partial charge in [0.1, 0.15) is 17.9 Å². The summed E-state index contributed by atoms with van der Waals surface area (Å²) in [5.74, 6) is 2.07. The van der Waals surface area contributed by atoms with Gasteiger partial charge in [-0.25, -0.2) is 4.68 Å². The van der Waals surface area contributed by atoms with E-state index in [0.29, 0.717) is 23.4 Å². The second kappa shape index (κ2) is 9.44. The average molecular weight is 449 g/mol. The number of amides is 1. The number of aromatic nitrogens is 5. The Morgan fingerprint density at radius 2 is 2.00 bits per heavy atom. The van der Waals surface area contributed by atoms with Crippen LogP contribution in [0.2, 0.25) is 0 Å². The second-order valence-electron chi connectivity index (χ2n) is 7.84. The maximum atomic E-state index is 12.8. The number of hydrogen-bond donors (Lipinski definition) is 1. The molecule has 0 spiro atoms. The Morgan fingerprint density at radius 1 is 1.16 bits per heavy atom. The highest BCUT2D eigenvalue weighted by Crippen LogP contribution is 2.35. The van der Waals surface area contributed by atoms with Crippen molar-refractivity contribution >= 4 is 23.5 Å². The number of hydrogen-bond acceptors (Lipinski definition) is 6. The maximum absolute atomic E-state index is 12.8. The van der Waals surface area contributed by atoms with Gasteiger partial charge in [-0.05, 0) is 37.1 Å². The summed E-state index contributed by atoms with van der Waals surface area (Å²) in [5, 5.41) is 16.7. The fourth-order valence-electron chi connectivity index (χ4n) is 4.02. The maximum Gasteiger partial charge on any atom is 0.236 e. The van der Waals surface area contributed by atoms with Gasteiger partial charge in [0, 0.05) is 12.0 Å². The first-order valence-electron chi connectivity index (χ1n) is 10.7. The summed E-state index contributed by atoms with van der Waals surface area (Å²) in [5.41, 5.74) is 1.98. The van der Waals surface area contributed by atoms with Crippen molar-refractivity contribution in [3.63, 3.8) is 0 Å². The molecule has 3 heterocycles. The normalized spacial score (nSPS) is 14.1. The molecule has 32 heavy (non-hydrogen) atoms. The number of carbonyl (C=O) groups excluding carboxylic acids is 1. The number of para-hydroxylation sites is 1. The number of anilines is 1. The van der Waals surface area contributed by atoms with Crippen molar-refractivity contribution < 1.29 is 9.21 Å². The summed E-state index contributed by atoms with van der Waals surface area (Å²) in [6, 6.07) is 15.7. The molecule has 1 aliphatic carbocycles. The van der Waals surface area contributed by atoms with Crippen molar-refractivity contribution in [3.05, 3.63) is 72.6 Å². The highest BCUT2D eigenvalue weighted by molar-refractivity contribution is 7.99. The fourth-order valence-corrected chi connectivity index (χ4v) is 4.73. The van der Waals surface area contributed by atoms with Gasteiger partial charge in [0.25, 0.3) is 0 Å². The summed E-state index contributed by atoms with van der Waals surface area (Å²) < 4.78 is 9.08. The number of nitrogens with zero attached hydrogens (tertiary/aromatic N) is 5. The Hall–Kier alpha value is -3.33. The van der Waals surface area contributed by atoms with Gasteiger partial charge in [-0.3, -0.25) is 4.79 Å². The van der Waals surface area contributed by atoms with Gasteiger partial charge >= 0.3 is 0 Å². The highest BCUT2D eigenvalue weighted by atomic mass is 32.2. The van der Waals surface area contributed by atoms with Crippen molar-refractivity contribution in [1.29, 1.82) is 0 Å². The molecule has 1 amide bonds. The van der Waals surface area contributed by atoms with E-state index in [2.05, 4.69) is 15.5 Å². The van der Waals surface area contributed by atoms with Crippen LogP contribution in [0.4, 0.5) is 5.82 Å². The first-order chi connectivity index (χ1) is 15.8. The number of carbonyl (C=O) groups is 1. The molecular formula is C23H24N6O2S. The van der Waals surface area contributed by atoms with Crippen LogP contribution in [0, 0.1) is 0 Å². The fraction of sp³-hybridized carbons (Fsp3) is 0.304. The van der Waals surface area contributed by atoms with Crippen molar-refractivity contribution in [1.82, 2.24) is 24.5 Å². The van der Waals surface area contributed by atoms with Crippen molar-refractivity contribution in [2.75, 3.05) is 11.1 Å². The molecule has 0 atom stereocenters. The third kappa shape index (κ3) is 4.62. The average Bonchev–Trinajstić information content (AvgIpc) is 3.60. The SMILES string of the molecule is O=C(CSc1nncn1Cc1ccco1)Nc1cc(C2CCCC2)nn1-c1ccccc1. The van der Waals surface area contributed by atoms with E-state index in [-0.39, 0.29) is 11.7 Å². The van der Waals surface area contributed by atoms with E-state index in [0.717, 1.165) is 30.0 Å². The van der Waals surface area contributed by atoms with Crippen LogP contribution < -0.4 is 5.32 Å². The van der Waals surface area contributed by atoms with Gasteiger partial charge in [0.05, 0.1) is 29.9 Å². The van der Waals surface area contributed by atoms with Crippen molar-refractivity contribution in [2.24, 2.45) is 0 Å². The van der Waals surface area contributed by atoms with Crippen LogP contribution >= 0.6 is 11.8 Å². The monoisotopic (exact) mass is 448 g/mol. The van der Waals surface area contributed by atoms with Crippen LogP contribution in [0.3, 0.4) is 0 Å². The molecular weight excluding hydrogens is 424 g/mol. The van der Waals surface area contributed by atoms with E-state index < -0.39 is 0 Å². The Kier molecular flexibility index (Phi) is 6.06. The zero-order chi connectivity index (χ0) is 21.8. The Morgan fingerprint density at radius 3 is 2.78 bits per heavy atom. The van der Waals surface area contributed by atoms with Gasteiger partial charge in [-0.15, -0.1) is 10.2 Å². The lowest BCUT2D eigenvalue weighted by molar-refractivity contribution is -0.113. The lowest BCUT2D eigenvalue weighted by atomic mass is 10.0. The molecule has 5 rings (SSSR count). The van der Waals surface area contributed by atoms with Gasteiger partial charge < -0.3 is 14.3 Å². The summed E-state index contributed by atoms with van der Waals surface area (Å²) in [6.45, 7) is 0.523. The van der Waals surface area contributed by atoms with Crippen molar-refractivity contribution in [3.8, 4) is 5.69 Å². The van der Waals surface area contributed by atoms with Gasteiger partial charge in [0.2, 0.25) is 5.91 Å². The van der Waals surface area contributed by atoms with E-state index in [4.69, 9.17) is 9.52 Å². The Bertz CT molecular complexity index is 1160. The van der Waals surface area contributed by atoms with E-state index >= 15 is 0 Å². The summed E-state index contributed by atoms with van der Waals surface area (Å²) in [7, 11) is 0.